The van der Waals surface area contributed by atoms with E-state index in [2.05, 4.69) is 4.98 Å². The maximum Gasteiger partial charge on any atom is 0.254 e. The minimum atomic E-state index is -0.194. The number of amides is 2. The van der Waals surface area contributed by atoms with Crippen molar-refractivity contribution in [2.24, 2.45) is 0 Å². The summed E-state index contributed by atoms with van der Waals surface area (Å²) in [5.74, 6) is 0.400. The molecule has 0 aliphatic rings. The summed E-state index contributed by atoms with van der Waals surface area (Å²) in [5.41, 5.74) is 0.521. The van der Waals surface area contributed by atoms with Gasteiger partial charge in [0, 0.05) is 47.0 Å². The van der Waals surface area contributed by atoms with Crippen molar-refractivity contribution in [1.82, 2.24) is 14.8 Å². The van der Waals surface area contributed by atoms with E-state index in [1.165, 1.54) is 9.80 Å². The van der Waals surface area contributed by atoms with Gasteiger partial charge in [-0.25, -0.2) is 4.98 Å². The lowest BCUT2D eigenvalue weighted by atomic mass is 10.2. The molecule has 0 saturated heterocycles. The van der Waals surface area contributed by atoms with Crippen molar-refractivity contribution in [3.8, 4) is 0 Å². The number of anilines is 1. The van der Waals surface area contributed by atoms with Crippen LogP contribution < -0.4 is 4.90 Å². The quantitative estimate of drug-likeness (QED) is 0.785. The van der Waals surface area contributed by atoms with E-state index < -0.39 is 0 Å². The summed E-state index contributed by atoms with van der Waals surface area (Å²) in [6, 6.07) is 3.35. The average molecular weight is 264 g/mol. The molecule has 0 aliphatic carbocycles. The van der Waals surface area contributed by atoms with Crippen molar-refractivity contribution >= 4 is 17.6 Å². The van der Waals surface area contributed by atoms with Gasteiger partial charge < -0.3 is 14.7 Å². The number of aromatic nitrogens is 1. The molecule has 1 aromatic rings. The van der Waals surface area contributed by atoms with Crippen LogP contribution >= 0.6 is 0 Å². The van der Waals surface area contributed by atoms with Crippen LogP contribution in [0.1, 0.15) is 10.4 Å². The van der Waals surface area contributed by atoms with E-state index in [1.54, 1.807) is 39.5 Å². The smallest absolute Gasteiger partial charge is 0.254 e. The second-order valence-corrected chi connectivity index (χ2v) is 4.75. The molecule has 1 rings (SSSR count). The summed E-state index contributed by atoms with van der Waals surface area (Å²) in [5, 5.41) is 0. The highest BCUT2D eigenvalue weighted by Gasteiger charge is 2.16. The van der Waals surface area contributed by atoms with Crippen molar-refractivity contribution in [3.63, 3.8) is 0 Å². The molecule has 19 heavy (non-hydrogen) atoms. The highest BCUT2D eigenvalue weighted by atomic mass is 16.2. The van der Waals surface area contributed by atoms with E-state index in [0.29, 0.717) is 11.4 Å². The Labute approximate surface area is 113 Å². The van der Waals surface area contributed by atoms with Gasteiger partial charge in [0.15, 0.2) is 0 Å². The second kappa shape index (κ2) is 6.17. The summed E-state index contributed by atoms with van der Waals surface area (Å²) >= 11 is 0. The molecule has 0 radical (unpaired) electrons. The zero-order valence-electron chi connectivity index (χ0n) is 12.0. The molecule has 1 heterocycles. The Kier molecular flexibility index (Phi) is 4.86. The fourth-order valence-electron chi connectivity index (χ4n) is 1.43. The fourth-order valence-corrected chi connectivity index (χ4v) is 1.43. The lowest BCUT2D eigenvalue weighted by Crippen LogP contribution is -2.37. The molecule has 0 atom stereocenters. The molecule has 0 fully saturated rings. The Hall–Kier alpha value is -2.11. The van der Waals surface area contributed by atoms with E-state index in [4.69, 9.17) is 0 Å². The van der Waals surface area contributed by atoms with E-state index in [9.17, 15) is 9.59 Å². The van der Waals surface area contributed by atoms with Gasteiger partial charge in [-0.2, -0.15) is 0 Å². The third-order valence-electron chi connectivity index (χ3n) is 2.67. The van der Waals surface area contributed by atoms with Gasteiger partial charge >= 0.3 is 0 Å². The zero-order valence-corrected chi connectivity index (χ0v) is 12.0. The molecule has 6 nitrogen and oxygen atoms in total. The molecule has 0 aromatic carbocycles. The van der Waals surface area contributed by atoms with Crippen LogP contribution in [0.25, 0.3) is 0 Å². The van der Waals surface area contributed by atoms with Crippen LogP contribution in [-0.2, 0) is 4.79 Å². The van der Waals surface area contributed by atoms with Gasteiger partial charge in [-0.1, -0.05) is 0 Å². The second-order valence-electron chi connectivity index (χ2n) is 4.75. The van der Waals surface area contributed by atoms with Gasteiger partial charge in [0.1, 0.15) is 5.82 Å². The Morgan fingerprint density at radius 1 is 1.16 bits per heavy atom. The highest BCUT2D eigenvalue weighted by molar-refractivity contribution is 5.96. The number of carbonyl (C=O) groups excluding carboxylic acids is 2. The molecule has 0 bridgehead atoms. The average Bonchev–Trinajstić information content (AvgIpc) is 2.37. The Balaban J connectivity index is 2.82. The summed E-state index contributed by atoms with van der Waals surface area (Å²) in [7, 11) is 8.65. The summed E-state index contributed by atoms with van der Waals surface area (Å²) in [4.78, 5) is 32.6. The molecule has 0 saturated carbocycles. The van der Waals surface area contributed by atoms with Gasteiger partial charge in [0.25, 0.3) is 5.91 Å². The maximum atomic E-state index is 12.2. The SMILES string of the molecule is CN(C)C(=O)CN(C)C(=O)c1ccnc(N(C)C)c1. The van der Waals surface area contributed by atoms with Crippen LogP contribution in [0.4, 0.5) is 5.82 Å². The van der Waals surface area contributed by atoms with Crippen molar-refractivity contribution in [3.05, 3.63) is 23.9 Å². The molecular weight excluding hydrogens is 244 g/mol. The molecule has 6 heteroatoms. The summed E-state index contributed by atoms with van der Waals surface area (Å²) in [6.45, 7) is 0.0610. The molecule has 0 spiro atoms. The lowest BCUT2D eigenvalue weighted by Gasteiger charge is -2.20. The highest BCUT2D eigenvalue weighted by Crippen LogP contribution is 2.11. The van der Waals surface area contributed by atoms with Crippen LogP contribution in [0.5, 0.6) is 0 Å². The summed E-state index contributed by atoms with van der Waals surface area (Å²) in [6.07, 6.45) is 1.59. The van der Waals surface area contributed by atoms with Gasteiger partial charge in [-0.15, -0.1) is 0 Å². The molecular formula is C13H20N4O2. The van der Waals surface area contributed by atoms with Crippen molar-refractivity contribution in [2.45, 2.75) is 0 Å². The number of hydrogen-bond acceptors (Lipinski definition) is 4. The van der Waals surface area contributed by atoms with E-state index in [-0.39, 0.29) is 18.4 Å². The number of likely N-dealkylation sites (N-methyl/N-ethyl adjacent to an activating group) is 2. The first-order chi connectivity index (χ1) is 8.82. The summed E-state index contributed by atoms with van der Waals surface area (Å²) < 4.78 is 0. The normalized spacial score (nSPS) is 9.95. The first kappa shape index (κ1) is 14.9. The van der Waals surface area contributed by atoms with E-state index >= 15 is 0 Å². The predicted molar refractivity (Wildman–Crippen MR) is 74.2 cm³/mol. The topological polar surface area (TPSA) is 56.8 Å². The van der Waals surface area contributed by atoms with Gasteiger partial charge in [0.05, 0.1) is 6.54 Å². The Bertz CT molecular complexity index is 471. The molecule has 104 valence electrons. The minimum Gasteiger partial charge on any atom is -0.363 e. The molecule has 0 unspecified atom stereocenters. The van der Waals surface area contributed by atoms with Crippen LogP contribution in [-0.4, -0.2) is 68.4 Å². The lowest BCUT2D eigenvalue weighted by molar-refractivity contribution is -0.129. The van der Waals surface area contributed by atoms with Crippen LogP contribution in [0, 0.1) is 0 Å². The molecule has 1 aromatic heterocycles. The largest absolute Gasteiger partial charge is 0.363 e. The van der Waals surface area contributed by atoms with E-state index in [0.717, 1.165) is 0 Å². The molecule has 2 amide bonds. The number of hydrogen-bond donors (Lipinski definition) is 0. The molecule has 0 aliphatic heterocycles. The van der Waals surface area contributed by atoms with Gasteiger partial charge in [-0.05, 0) is 12.1 Å². The monoisotopic (exact) mass is 264 g/mol. The number of pyridine rings is 1. The first-order valence-corrected chi connectivity index (χ1v) is 5.92. The van der Waals surface area contributed by atoms with Gasteiger partial charge in [0.2, 0.25) is 5.91 Å². The van der Waals surface area contributed by atoms with Crippen molar-refractivity contribution in [2.75, 3.05) is 46.7 Å². The number of nitrogens with zero attached hydrogens (tertiary/aromatic N) is 4. The van der Waals surface area contributed by atoms with E-state index in [1.807, 2.05) is 19.0 Å². The van der Waals surface area contributed by atoms with Crippen LogP contribution in [0.15, 0.2) is 18.3 Å². The van der Waals surface area contributed by atoms with Crippen LogP contribution in [0.2, 0.25) is 0 Å². The number of carbonyl (C=O) groups is 2. The number of rotatable bonds is 4. The standard InChI is InChI=1S/C13H20N4O2/c1-15(2)11-8-10(6-7-14-11)13(19)17(5)9-12(18)16(3)4/h6-8H,9H2,1-5H3. The molecule has 0 N–H and O–H groups in total. The Morgan fingerprint density at radius 3 is 2.32 bits per heavy atom. The third kappa shape index (κ3) is 3.94. The van der Waals surface area contributed by atoms with Crippen molar-refractivity contribution in [1.29, 1.82) is 0 Å². The zero-order chi connectivity index (χ0) is 14.6. The van der Waals surface area contributed by atoms with Gasteiger partial charge in [-0.3, -0.25) is 9.59 Å². The van der Waals surface area contributed by atoms with Crippen LogP contribution in [0.3, 0.4) is 0 Å². The minimum absolute atomic E-state index is 0.0610. The third-order valence-corrected chi connectivity index (χ3v) is 2.67. The Morgan fingerprint density at radius 2 is 1.79 bits per heavy atom. The maximum absolute atomic E-state index is 12.2. The first-order valence-electron chi connectivity index (χ1n) is 5.92. The van der Waals surface area contributed by atoms with Crippen molar-refractivity contribution < 1.29 is 9.59 Å². The predicted octanol–water partition coefficient (Wildman–Crippen LogP) is 0.308. The fraction of sp³-hybridized carbons (Fsp3) is 0.462.